The molecule has 1 unspecified atom stereocenters. The molecule has 2 rings (SSSR count). The van der Waals surface area contributed by atoms with Crippen molar-refractivity contribution in [1.29, 1.82) is 0 Å². The number of aryl methyl sites for hydroxylation is 2. The second kappa shape index (κ2) is 7.44. The number of fused-ring (bicyclic) bond motifs is 1. The van der Waals surface area contributed by atoms with E-state index in [0.717, 1.165) is 24.4 Å². The van der Waals surface area contributed by atoms with Crippen molar-refractivity contribution in [2.24, 2.45) is 0 Å². The van der Waals surface area contributed by atoms with Crippen molar-refractivity contribution < 1.29 is 0 Å². The molecule has 2 aromatic rings. The molecule has 1 aromatic heterocycles. The summed E-state index contributed by atoms with van der Waals surface area (Å²) < 4.78 is 2.35. The number of imidazole rings is 1. The van der Waals surface area contributed by atoms with Gasteiger partial charge in [-0.15, -0.1) is 0 Å². The molecule has 0 fully saturated rings. The Hall–Kier alpha value is -1.35. The lowest BCUT2D eigenvalue weighted by atomic mass is 10.1. The lowest BCUT2D eigenvalue weighted by molar-refractivity contribution is 0.476. The van der Waals surface area contributed by atoms with Gasteiger partial charge in [-0.3, -0.25) is 0 Å². The minimum absolute atomic E-state index is 0.635. The summed E-state index contributed by atoms with van der Waals surface area (Å²) in [5, 5.41) is 3.55. The molecule has 110 valence electrons. The molecule has 3 nitrogen and oxygen atoms in total. The van der Waals surface area contributed by atoms with Crippen LogP contribution in [0.2, 0.25) is 0 Å². The van der Waals surface area contributed by atoms with E-state index in [1.54, 1.807) is 0 Å². The molecule has 0 amide bonds. The van der Waals surface area contributed by atoms with Gasteiger partial charge in [0.25, 0.3) is 0 Å². The average Bonchev–Trinajstić information content (AvgIpc) is 2.77. The zero-order valence-electron chi connectivity index (χ0n) is 13.0. The van der Waals surface area contributed by atoms with Gasteiger partial charge < -0.3 is 9.88 Å². The number of nitrogens with zero attached hydrogens (tertiary/aromatic N) is 2. The van der Waals surface area contributed by atoms with Crippen molar-refractivity contribution in [2.45, 2.75) is 59.0 Å². The number of unbranched alkanes of at least 4 members (excludes halogenated alkanes) is 1. The maximum atomic E-state index is 4.62. The van der Waals surface area contributed by atoms with Crippen molar-refractivity contribution >= 4 is 11.0 Å². The van der Waals surface area contributed by atoms with Crippen LogP contribution in [0.1, 0.15) is 45.4 Å². The first kappa shape index (κ1) is 15.0. The van der Waals surface area contributed by atoms with Crippen LogP contribution in [0.3, 0.4) is 0 Å². The van der Waals surface area contributed by atoms with Crippen LogP contribution in [-0.2, 0) is 6.54 Å². The molecule has 0 bridgehead atoms. The van der Waals surface area contributed by atoms with Gasteiger partial charge in [-0.2, -0.15) is 0 Å². The lowest BCUT2D eigenvalue weighted by Crippen LogP contribution is -2.26. The molecule has 20 heavy (non-hydrogen) atoms. The van der Waals surface area contributed by atoms with Crippen LogP contribution in [0.5, 0.6) is 0 Å². The Morgan fingerprint density at radius 2 is 2.05 bits per heavy atom. The third-order valence-electron chi connectivity index (χ3n) is 3.86. The van der Waals surface area contributed by atoms with E-state index in [4.69, 9.17) is 0 Å². The fourth-order valence-electron chi connectivity index (χ4n) is 2.69. The molecule has 1 atom stereocenters. The smallest absolute Gasteiger partial charge is 0.106 e. The topological polar surface area (TPSA) is 29.9 Å². The number of hydrogen-bond acceptors (Lipinski definition) is 2. The van der Waals surface area contributed by atoms with Gasteiger partial charge in [0.15, 0.2) is 0 Å². The summed E-state index contributed by atoms with van der Waals surface area (Å²) in [6, 6.07) is 9.04. The molecule has 1 N–H and O–H groups in total. The Morgan fingerprint density at radius 3 is 2.85 bits per heavy atom. The molecule has 0 saturated carbocycles. The maximum Gasteiger partial charge on any atom is 0.106 e. The van der Waals surface area contributed by atoms with Gasteiger partial charge in [0.2, 0.25) is 0 Å². The molecule has 0 aliphatic heterocycles. The summed E-state index contributed by atoms with van der Waals surface area (Å²) in [4.78, 5) is 4.62. The predicted molar refractivity (Wildman–Crippen MR) is 86.1 cm³/mol. The molecule has 0 spiro atoms. The molecular formula is C17H27N3. The number of para-hydroxylation sites is 2. The normalized spacial score (nSPS) is 12.9. The Balaban J connectivity index is 1.83. The Kier molecular flexibility index (Phi) is 5.60. The third-order valence-corrected chi connectivity index (χ3v) is 3.86. The summed E-state index contributed by atoms with van der Waals surface area (Å²) in [7, 11) is 0. The van der Waals surface area contributed by atoms with E-state index < -0.39 is 0 Å². The number of hydrogen-bond donors (Lipinski definition) is 1. The van der Waals surface area contributed by atoms with Crippen LogP contribution in [0.4, 0.5) is 0 Å². The van der Waals surface area contributed by atoms with Crippen molar-refractivity contribution in [1.82, 2.24) is 14.9 Å². The van der Waals surface area contributed by atoms with Gasteiger partial charge in [0, 0.05) is 12.6 Å². The first-order valence-corrected chi connectivity index (χ1v) is 7.87. The zero-order chi connectivity index (χ0) is 14.4. The minimum atomic E-state index is 0.635. The monoisotopic (exact) mass is 273 g/mol. The van der Waals surface area contributed by atoms with Gasteiger partial charge in [0.1, 0.15) is 5.82 Å². The van der Waals surface area contributed by atoms with E-state index in [2.05, 4.69) is 59.9 Å². The van der Waals surface area contributed by atoms with E-state index in [-0.39, 0.29) is 0 Å². The highest BCUT2D eigenvalue weighted by molar-refractivity contribution is 5.75. The van der Waals surface area contributed by atoms with Gasteiger partial charge in [-0.25, -0.2) is 4.98 Å². The number of rotatable bonds is 8. The number of aromatic nitrogens is 2. The van der Waals surface area contributed by atoms with Gasteiger partial charge in [-0.1, -0.05) is 25.5 Å². The summed E-state index contributed by atoms with van der Waals surface area (Å²) in [5.74, 6) is 1.13. The molecule has 0 radical (unpaired) electrons. The van der Waals surface area contributed by atoms with Crippen LogP contribution in [-0.4, -0.2) is 22.1 Å². The van der Waals surface area contributed by atoms with E-state index >= 15 is 0 Å². The fourth-order valence-corrected chi connectivity index (χ4v) is 2.69. The SMILES string of the molecule is CCCNC(C)CCCCn1c(C)nc2ccccc21. The highest BCUT2D eigenvalue weighted by Crippen LogP contribution is 2.16. The van der Waals surface area contributed by atoms with Crippen molar-refractivity contribution in [3.8, 4) is 0 Å². The van der Waals surface area contributed by atoms with Crippen molar-refractivity contribution in [2.75, 3.05) is 6.54 Å². The maximum absolute atomic E-state index is 4.62. The van der Waals surface area contributed by atoms with E-state index in [9.17, 15) is 0 Å². The number of benzene rings is 1. The van der Waals surface area contributed by atoms with E-state index in [0.29, 0.717) is 6.04 Å². The predicted octanol–water partition coefficient (Wildman–Crippen LogP) is 3.90. The molecule has 3 heteroatoms. The minimum Gasteiger partial charge on any atom is -0.328 e. The van der Waals surface area contributed by atoms with E-state index in [1.165, 1.54) is 31.2 Å². The molecule has 0 saturated heterocycles. The standard InChI is InChI=1S/C17H27N3/c1-4-12-18-14(2)9-7-8-13-20-15(3)19-16-10-5-6-11-17(16)20/h5-6,10-11,14,18H,4,7-9,12-13H2,1-3H3. The van der Waals surface area contributed by atoms with Crippen molar-refractivity contribution in [3.05, 3.63) is 30.1 Å². The Labute approximate surface area is 122 Å². The summed E-state index contributed by atoms with van der Waals surface area (Å²) in [6.07, 6.45) is 4.96. The highest BCUT2D eigenvalue weighted by Gasteiger charge is 2.06. The fraction of sp³-hybridized carbons (Fsp3) is 0.588. The Bertz CT molecular complexity index is 530. The quantitative estimate of drug-likeness (QED) is 0.739. The Morgan fingerprint density at radius 1 is 1.25 bits per heavy atom. The van der Waals surface area contributed by atoms with Crippen molar-refractivity contribution in [3.63, 3.8) is 0 Å². The molecule has 0 aliphatic rings. The first-order chi connectivity index (χ1) is 9.72. The number of nitrogens with one attached hydrogen (secondary N) is 1. The summed E-state index contributed by atoms with van der Waals surface area (Å²) in [5.41, 5.74) is 2.38. The third kappa shape index (κ3) is 3.83. The van der Waals surface area contributed by atoms with Crippen LogP contribution in [0.25, 0.3) is 11.0 Å². The largest absolute Gasteiger partial charge is 0.328 e. The highest BCUT2D eigenvalue weighted by atomic mass is 15.1. The van der Waals surface area contributed by atoms with Crippen LogP contribution >= 0.6 is 0 Å². The second-order valence-electron chi connectivity index (χ2n) is 5.65. The molecule has 1 aromatic carbocycles. The summed E-state index contributed by atoms with van der Waals surface area (Å²) >= 11 is 0. The molecule has 0 aliphatic carbocycles. The zero-order valence-corrected chi connectivity index (χ0v) is 13.0. The van der Waals surface area contributed by atoms with E-state index in [1.807, 2.05) is 0 Å². The van der Waals surface area contributed by atoms with Crippen LogP contribution in [0, 0.1) is 6.92 Å². The second-order valence-corrected chi connectivity index (χ2v) is 5.65. The average molecular weight is 273 g/mol. The van der Waals surface area contributed by atoms with Gasteiger partial charge in [0.05, 0.1) is 11.0 Å². The van der Waals surface area contributed by atoms with Gasteiger partial charge in [-0.05, 0) is 51.8 Å². The first-order valence-electron chi connectivity index (χ1n) is 7.87. The lowest BCUT2D eigenvalue weighted by Gasteiger charge is -2.13. The molecular weight excluding hydrogens is 246 g/mol. The van der Waals surface area contributed by atoms with Gasteiger partial charge >= 0.3 is 0 Å². The van der Waals surface area contributed by atoms with Crippen LogP contribution in [0.15, 0.2) is 24.3 Å². The summed E-state index contributed by atoms with van der Waals surface area (Å²) in [6.45, 7) is 8.81. The molecule has 1 heterocycles. The van der Waals surface area contributed by atoms with Crippen LogP contribution < -0.4 is 5.32 Å².